The average Bonchev–Trinajstić information content (AvgIpc) is 2.66. The second-order valence-corrected chi connectivity index (χ2v) is 8.94. The quantitative estimate of drug-likeness (QED) is 0.170. The number of amides is 1. The smallest absolute Gasteiger partial charge is 0.386 e. The van der Waals surface area contributed by atoms with E-state index in [1.54, 1.807) is 0 Å². The number of quaternary nitrogens is 1. The van der Waals surface area contributed by atoms with Crippen LogP contribution in [0.2, 0.25) is 0 Å². The summed E-state index contributed by atoms with van der Waals surface area (Å²) in [6, 6.07) is 0.376. The Morgan fingerprint density at radius 2 is 1.64 bits per heavy atom. The zero-order valence-corrected chi connectivity index (χ0v) is 19.1. The minimum absolute atomic E-state index is 0.166. The van der Waals surface area contributed by atoms with Gasteiger partial charge in [-0.2, -0.15) is 8.78 Å². The second kappa shape index (κ2) is 12.8. The van der Waals surface area contributed by atoms with Crippen LogP contribution >= 0.6 is 0 Å². The lowest BCUT2D eigenvalue weighted by Gasteiger charge is -2.29. The number of hydrogen-bond donors (Lipinski definition) is 2. The summed E-state index contributed by atoms with van der Waals surface area (Å²) in [5.41, 5.74) is -1.36. The van der Waals surface area contributed by atoms with E-state index in [9.17, 15) is 31.5 Å². The number of nitrogens with one attached hydrogen (secondary N) is 1. The minimum atomic E-state index is -4.09. The molecule has 1 aromatic carbocycles. The summed E-state index contributed by atoms with van der Waals surface area (Å²) < 4.78 is 72.2. The van der Waals surface area contributed by atoms with Crippen LogP contribution in [0.4, 0.5) is 22.0 Å². The Balaban J connectivity index is 2.28. The number of likely N-dealkylation sites (N-methyl/N-ethyl adjacent to an activating group) is 1. The number of rotatable bonds is 15. The monoisotopic (exact) mass is 483 g/mol. The van der Waals surface area contributed by atoms with Crippen molar-refractivity contribution in [2.24, 2.45) is 0 Å². The molecule has 6 nitrogen and oxygen atoms in total. The first-order chi connectivity index (χ1) is 15.2. The van der Waals surface area contributed by atoms with Crippen LogP contribution in [0.15, 0.2) is 12.1 Å². The molecule has 0 radical (unpaired) electrons. The van der Waals surface area contributed by atoms with Gasteiger partial charge in [0.2, 0.25) is 5.91 Å². The van der Waals surface area contributed by atoms with Gasteiger partial charge in [0, 0.05) is 6.42 Å². The van der Waals surface area contributed by atoms with E-state index in [0.717, 1.165) is 0 Å². The molecule has 0 aromatic heterocycles. The molecule has 1 amide bonds. The van der Waals surface area contributed by atoms with Crippen molar-refractivity contribution in [3.05, 3.63) is 35.1 Å². The Hall–Kier alpha value is -2.27. The fourth-order valence-corrected chi connectivity index (χ4v) is 3.28. The van der Waals surface area contributed by atoms with Crippen LogP contribution in [0.25, 0.3) is 0 Å². The maximum Gasteiger partial charge on any atom is 0.386 e. The molecule has 0 aliphatic heterocycles. The van der Waals surface area contributed by atoms with Crippen LogP contribution in [0.3, 0.4) is 0 Å². The number of halogens is 5. The molecule has 0 spiro atoms. The van der Waals surface area contributed by atoms with Crippen LogP contribution in [-0.4, -0.2) is 61.8 Å². The molecule has 0 heterocycles. The van der Waals surface area contributed by atoms with E-state index in [-0.39, 0.29) is 25.2 Å². The van der Waals surface area contributed by atoms with E-state index in [4.69, 9.17) is 5.11 Å². The van der Waals surface area contributed by atoms with E-state index in [2.05, 4.69) is 10.1 Å². The minimum Gasteiger partial charge on any atom is -0.481 e. The van der Waals surface area contributed by atoms with Crippen molar-refractivity contribution in [3.8, 4) is 0 Å². The molecule has 1 rings (SSSR count). The lowest BCUT2D eigenvalue weighted by Crippen LogP contribution is -2.49. The first-order valence-corrected chi connectivity index (χ1v) is 10.7. The fourth-order valence-electron chi connectivity index (χ4n) is 3.28. The van der Waals surface area contributed by atoms with Gasteiger partial charge in [-0.3, -0.25) is 9.59 Å². The van der Waals surface area contributed by atoms with Crippen molar-refractivity contribution < 1.29 is 45.9 Å². The molecular weight excluding hydrogens is 451 g/mol. The predicted molar refractivity (Wildman–Crippen MR) is 111 cm³/mol. The number of ether oxygens (including phenoxy) is 1. The third-order valence-electron chi connectivity index (χ3n) is 4.73. The highest BCUT2D eigenvalue weighted by Gasteiger charge is 2.37. The maximum atomic E-state index is 13.9. The largest absolute Gasteiger partial charge is 0.481 e. The van der Waals surface area contributed by atoms with Crippen molar-refractivity contribution in [3.63, 3.8) is 0 Å². The van der Waals surface area contributed by atoms with Crippen LogP contribution in [-0.2, 0) is 20.4 Å². The molecule has 188 valence electrons. The Kier molecular flexibility index (Phi) is 11.2. The van der Waals surface area contributed by atoms with Gasteiger partial charge in [0.1, 0.15) is 0 Å². The Morgan fingerprint density at radius 3 is 2.24 bits per heavy atom. The summed E-state index contributed by atoms with van der Waals surface area (Å²) >= 11 is 0. The number of aliphatic carboxylic acids is 1. The number of carbonyl (C=O) groups excluding carboxylic acids is 1. The van der Waals surface area contributed by atoms with Gasteiger partial charge in [-0.25, -0.2) is 13.2 Å². The molecule has 0 aliphatic rings. The molecule has 1 aromatic rings. The van der Waals surface area contributed by atoms with Crippen molar-refractivity contribution in [1.82, 2.24) is 5.32 Å². The van der Waals surface area contributed by atoms with E-state index < -0.39 is 47.7 Å². The summed E-state index contributed by atoms with van der Waals surface area (Å²) in [6.07, 6.45) is -1.45. The van der Waals surface area contributed by atoms with E-state index in [1.165, 1.54) is 0 Å². The summed E-state index contributed by atoms with van der Waals surface area (Å²) in [5.74, 6) is -6.76. The Labute approximate surface area is 190 Å². The first-order valence-electron chi connectivity index (χ1n) is 10.7. The fraction of sp³-hybridized carbons (Fsp3) is 0.636. The topological polar surface area (TPSA) is 75.6 Å². The summed E-state index contributed by atoms with van der Waals surface area (Å²) in [6.45, 7) is 0.0605. The molecule has 0 saturated heterocycles. The van der Waals surface area contributed by atoms with Gasteiger partial charge in [0.05, 0.1) is 52.3 Å². The lowest BCUT2D eigenvalue weighted by molar-refractivity contribution is -0.871. The number of carbonyl (C=O) groups is 2. The summed E-state index contributed by atoms with van der Waals surface area (Å²) in [4.78, 5) is 23.1. The normalized spacial score (nSPS) is 13.1. The van der Waals surface area contributed by atoms with Gasteiger partial charge in [0.25, 0.3) is 0 Å². The van der Waals surface area contributed by atoms with Gasteiger partial charge >= 0.3 is 12.1 Å². The van der Waals surface area contributed by atoms with Crippen LogP contribution in [0, 0.1) is 17.5 Å². The number of unbranched alkanes of at least 4 members (excludes halogenated alkanes) is 4. The van der Waals surface area contributed by atoms with Crippen LogP contribution < -0.4 is 5.32 Å². The van der Waals surface area contributed by atoms with E-state index >= 15 is 0 Å². The maximum absolute atomic E-state index is 13.9. The van der Waals surface area contributed by atoms with Gasteiger partial charge in [-0.1, -0.05) is 19.3 Å². The zero-order valence-electron chi connectivity index (χ0n) is 19.1. The number of hydrogen-bond acceptors (Lipinski definition) is 3. The number of carboxylic acid groups (broad SMARTS) is 1. The molecule has 2 N–H and O–H groups in total. The lowest BCUT2D eigenvalue weighted by atomic mass is 10.1. The number of benzene rings is 1. The molecule has 0 bridgehead atoms. The molecule has 33 heavy (non-hydrogen) atoms. The average molecular weight is 483 g/mol. The highest BCUT2D eigenvalue weighted by atomic mass is 19.3. The van der Waals surface area contributed by atoms with E-state index in [0.29, 0.717) is 48.8 Å². The van der Waals surface area contributed by atoms with Crippen molar-refractivity contribution in [1.29, 1.82) is 0 Å². The van der Waals surface area contributed by atoms with Crippen molar-refractivity contribution >= 4 is 11.9 Å². The summed E-state index contributed by atoms with van der Waals surface area (Å²) in [5, 5.41) is 11.7. The van der Waals surface area contributed by atoms with Gasteiger partial charge in [-0.15, -0.1) is 0 Å². The molecule has 1 atom stereocenters. The van der Waals surface area contributed by atoms with Gasteiger partial charge in [-0.05, 0) is 25.0 Å². The van der Waals surface area contributed by atoms with E-state index in [1.807, 2.05) is 21.1 Å². The van der Waals surface area contributed by atoms with Crippen LogP contribution in [0.5, 0.6) is 0 Å². The number of nitrogens with zero attached hydrogens (tertiary/aromatic N) is 1. The van der Waals surface area contributed by atoms with Gasteiger partial charge < -0.3 is 19.6 Å². The molecular formula is C22H32F5N2O4+. The number of carboxylic acids is 1. The highest BCUT2D eigenvalue weighted by Crippen LogP contribution is 2.33. The molecule has 0 aliphatic carbocycles. The summed E-state index contributed by atoms with van der Waals surface area (Å²) in [7, 11) is 5.69. The predicted octanol–water partition coefficient (Wildman–Crippen LogP) is 4.18. The molecule has 0 saturated carbocycles. The Morgan fingerprint density at radius 1 is 1.03 bits per heavy atom. The SMILES string of the molecule is C[N+](C)(C)C[C@@H](CC(=O)O)NC(=O)CCCCCCCOC(F)(F)c1ccc(F)c(F)c1F. The third kappa shape index (κ3) is 10.9. The highest BCUT2D eigenvalue weighted by molar-refractivity contribution is 5.77. The van der Waals surface area contributed by atoms with Crippen molar-refractivity contribution in [2.45, 2.75) is 57.1 Å². The molecule has 0 fully saturated rings. The third-order valence-corrected chi connectivity index (χ3v) is 4.73. The Bertz CT molecular complexity index is 800. The zero-order chi connectivity index (χ0) is 25.2. The molecule has 11 heteroatoms. The van der Waals surface area contributed by atoms with Crippen molar-refractivity contribution in [2.75, 3.05) is 34.3 Å². The number of alkyl halides is 2. The van der Waals surface area contributed by atoms with Crippen LogP contribution in [0.1, 0.15) is 50.5 Å². The second-order valence-electron chi connectivity index (χ2n) is 8.94. The molecule has 0 unspecified atom stereocenters. The standard InChI is InChI=1S/C22H31F5N2O4/c1-29(2,3)14-15(13-19(31)32)28-18(30)9-7-5-4-6-8-12-33-22(26,27)16-10-11-17(23)21(25)20(16)24/h10-11,15H,4-9,12-14H2,1-3H3,(H-,28,30,31,32)/p+1/t15-/m1/s1. The van der Waals surface area contributed by atoms with Gasteiger partial charge in [0.15, 0.2) is 17.5 Å². The first kappa shape index (κ1) is 28.8.